The van der Waals surface area contributed by atoms with Crippen LogP contribution in [0, 0.1) is 19.3 Å². The number of rotatable bonds is 6. The molecule has 1 heterocycles. The number of aryl methyl sites for hydroxylation is 1. The van der Waals surface area contributed by atoms with Gasteiger partial charge in [0.15, 0.2) is 5.60 Å². The number of nitrogens with zero attached hydrogens (tertiary/aromatic N) is 2. The Bertz CT molecular complexity index is 475. The third-order valence-electron chi connectivity index (χ3n) is 2.66. The van der Waals surface area contributed by atoms with E-state index in [4.69, 9.17) is 11.2 Å². The Morgan fingerprint density at radius 3 is 2.53 bits per heavy atom. The zero-order chi connectivity index (χ0) is 14.5. The number of terminal acetylenes is 1. The number of aromatic nitrogens is 2. The molecule has 0 aliphatic carbocycles. The lowest BCUT2D eigenvalue weighted by Crippen LogP contribution is -2.27. The summed E-state index contributed by atoms with van der Waals surface area (Å²) in [6.07, 6.45) is 7.28. The van der Waals surface area contributed by atoms with E-state index in [1.807, 2.05) is 27.7 Å². The average molecular weight is 261 g/mol. The van der Waals surface area contributed by atoms with Crippen molar-refractivity contribution in [3.8, 4) is 18.2 Å². The van der Waals surface area contributed by atoms with Gasteiger partial charge in [0.2, 0.25) is 5.88 Å². The van der Waals surface area contributed by atoms with Gasteiger partial charge in [-0.1, -0.05) is 12.8 Å². The molecule has 104 valence electrons. The Balaban J connectivity index is 3.17. The van der Waals surface area contributed by atoms with Gasteiger partial charge in [0, 0.05) is 13.0 Å². The van der Waals surface area contributed by atoms with Crippen LogP contribution in [0.1, 0.15) is 45.5 Å². The lowest BCUT2D eigenvalue weighted by atomic mass is 10.1. The topological polar surface area (TPSA) is 47.0 Å². The minimum atomic E-state index is -0.675. The van der Waals surface area contributed by atoms with Crippen LogP contribution >= 0.6 is 0 Å². The normalized spacial score (nSPS) is 10.9. The maximum Gasteiger partial charge on any atom is 0.223 e. The quantitative estimate of drug-likeness (QED) is 0.800. The number of hydrogen-bond acceptors (Lipinski definition) is 4. The van der Waals surface area contributed by atoms with E-state index < -0.39 is 5.60 Å². The van der Waals surface area contributed by atoms with Crippen molar-refractivity contribution in [2.75, 3.05) is 11.9 Å². The van der Waals surface area contributed by atoms with Crippen molar-refractivity contribution < 1.29 is 4.74 Å². The molecule has 0 unspecified atom stereocenters. The standard InChI is InChI=1S/C15H23N3O/c1-7-10-12-17-13(16-9-3)11(4)14(18-12)19-15(5,6)8-2/h2H,7,9-10H2,1,3-6H3,(H,16,17,18). The summed E-state index contributed by atoms with van der Waals surface area (Å²) in [4.78, 5) is 8.98. The van der Waals surface area contributed by atoms with Crippen LogP contribution in [0.4, 0.5) is 5.82 Å². The molecule has 0 amide bonds. The molecule has 0 aliphatic rings. The zero-order valence-corrected chi connectivity index (χ0v) is 12.5. The summed E-state index contributed by atoms with van der Waals surface area (Å²) < 4.78 is 5.83. The van der Waals surface area contributed by atoms with Gasteiger partial charge in [-0.3, -0.25) is 0 Å². The Labute approximate surface area is 116 Å². The first-order valence-corrected chi connectivity index (χ1v) is 6.71. The molecular weight excluding hydrogens is 238 g/mol. The van der Waals surface area contributed by atoms with Crippen molar-refractivity contribution in [1.82, 2.24) is 9.97 Å². The summed E-state index contributed by atoms with van der Waals surface area (Å²) in [7, 11) is 0. The predicted octanol–water partition coefficient (Wildman–Crippen LogP) is 2.96. The van der Waals surface area contributed by atoms with E-state index in [9.17, 15) is 0 Å². The van der Waals surface area contributed by atoms with Gasteiger partial charge in [0.05, 0.1) is 5.56 Å². The van der Waals surface area contributed by atoms with Crippen LogP contribution in [0.15, 0.2) is 0 Å². The van der Waals surface area contributed by atoms with Crippen molar-refractivity contribution in [2.45, 2.75) is 53.1 Å². The highest BCUT2D eigenvalue weighted by atomic mass is 16.5. The van der Waals surface area contributed by atoms with Crippen LogP contribution in [-0.2, 0) is 6.42 Å². The molecule has 0 aromatic carbocycles. The fraction of sp³-hybridized carbons (Fsp3) is 0.600. The van der Waals surface area contributed by atoms with E-state index >= 15 is 0 Å². The SMILES string of the molecule is C#CC(C)(C)Oc1nc(CCC)nc(NCC)c1C. The summed E-state index contributed by atoms with van der Waals surface area (Å²) >= 11 is 0. The van der Waals surface area contributed by atoms with Crippen molar-refractivity contribution in [3.05, 3.63) is 11.4 Å². The highest BCUT2D eigenvalue weighted by Crippen LogP contribution is 2.25. The molecule has 4 nitrogen and oxygen atoms in total. The smallest absolute Gasteiger partial charge is 0.223 e. The molecule has 0 fully saturated rings. The average Bonchev–Trinajstić information content (AvgIpc) is 2.35. The van der Waals surface area contributed by atoms with E-state index in [-0.39, 0.29) is 0 Å². The van der Waals surface area contributed by atoms with E-state index in [2.05, 4.69) is 28.1 Å². The van der Waals surface area contributed by atoms with Crippen LogP contribution in [0.5, 0.6) is 5.88 Å². The van der Waals surface area contributed by atoms with Crippen LogP contribution in [0.25, 0.3) is 0 Å². The largest absolute Gasteiger partial charge is 0.458 e. The third kappa shape index (κ3) is 4.13. The Morgan fingerprint density at radius 1 is 1.32 bits per heavy atom. The first kappa shape index (κ1) is 15.3. The fourth-order valence-corrected chi connectivity index (χ4v) is 1.59. The van der Waals surface area contributed by atoms with Crippen molar-refractivity contribution in [3.63, 3.8) is 0 Å². The predicted molar refractivity (Wildman–Crippen MR) is 78.5 cm³/mol. The Hall–Kier alpha value is -1.76. The second-order valence-corrected chi connectivity index (χ2v) is 4.96. The molecule has 0 atom stereocenters. The minimum absolute atomic E-state index is 0.567. The first-order chi connectivity index (χ1) is 8.93. The molecule has 1 rings (SSSR count). The molecule has 0 aliphatic heterocycles. The van der Waals surface area contributed by atoms with Crippen LogP contribution in [0.3, 0.4) is 0 Å². The van der Waals surface area contributed by atoms with Gasteiger partial charge in [-0.2, -0.15) is 4.98 Å². The van der Waals surface area contributed by atoms with E-state index in [1.165, 1.54) is 0 Å². The van der Waals surface area contributed by atoms with Gasteiger partial charge in [-0.15, -0.1) is 6.42 Å². The third-order valence-corrected chi connectivity index (χ3v) is 2.66. The lowest BCUT2D eigenvalue weighted by molar-refractivity contribution is 0.162. The summed E-state index contributed by atoms with van der Waals surface area (Å²) in [6, 6.07) is 0. The Kier molecular flexibility index (Phi) is 5.17. The summed E-state index contributed by atoms with van der Waals surface area (Å²) in [5, 5.41) is 3.24. The summed E-state index contributed by atoms with van der Waals surface area (Å²) in [5.74, 6) is 4.79. The van der Waals surface area contributed by atoms with Crippen molar-refractivity contribution in [1.29, 1.82) is 0 Å². The highest BCUT2D eigenvalue weighted by molar-refractivity contribution is 5.48. The summed E-state index contributed by atoms with van der Waals surface area (Å²) in [6.45, 7) is 10.6. The fourth-order valence-electron chi connectivity index (χ4n) is 1.59. The number of ether oxygens (including phenoxy) is 1. The van der Waals surface area contributed by atoms with Crippen LogP contribution < -0.4 is 10.1 Å². The van der Waals surface area contributed by atoms with Gasteiger partial charge in [-0.25, -0.2) is 4.98 Å². The molecule has 1 N–H and O–H groups in total. The lowest BCUT2D eigenvalue weighted by Gasteiger charge is -2.22. The van der Waals surface area contributed by atoms with E-state index in [0.717, 1.165) is 36.6 Å². The van der Waals surface area contributed by atoms with Crippen molar-refractivity contribution >= 4 is 5.82 Å². The van der Waals surface area contributed by atoms with E-state index in [1.54, 1.807) is 0 Å². The molecule has 19 heavy (non-hydrogen) atoms. The molecule has 0 spiro atoms. The Morgan fingerprint density at radius 2 is 2.00 bits per heavy atom. The maximum atomic E-state index is 5.83. The number of hydrogen-bond donors (Lipinski definition) is 1. The second kappa shape index (κ2) is 6.42. The number of nitrogens with one attached hydrogen (secondary N) is 1. The maximum absolute atomic E-state index is 5.83. The van der Waals surface area contributed by atoms with Gasteiger partial charge in [0.1, 0.15) is 11.6 Å². The van der Waals surface area contributed by atoms with Gasteiger partial charge >= 0.3 is 0 Å². The molecular formula is C15H23N3O. The molecule has 0 saturated heterocycles. The second-order valence-electron chi connectivity index (χ2n) is 4.96. The van der Waals surface area contributed by atoms with Crippen LogP contribution in [-0.4, -0.2) is 22.1 Å². The highest BCUT2D eigenvalue weighted by Gasteiger charge is 2.20. The van der Waals surface area contributed by atoms with Gasteiger partial charge in [0.25, 0.3) is 0 Å². The van der Waals surface area contributed by atoms with Crippen LogP contribution in [0.2, 0.25) is 0 Å². The molecule has 1 aromatic rings. The van der Waals surface area contributed by atoms with Gasteiger partial charge in [-0.05, 0) is 34.1 Å². The molecule has 1 aromatic heterocycles. The first-order valence-electron chi connectivity index (χ1n) is 6.71. The molecule has 4 heteroatoms. The molecule has 0 radical (unpaired) electrons. The minimum Gasteiger partial charge on any atom is -0.458 e. The van der Waals surface area contributed by atoms with Gasteiger partial charge < -0.3 is 10.1 Å². The monoisotopic (exact) mass is 261 g/mol. The molecule has 0 saturated carbocycles. The van der Waals surface area contributed by atoms with E-state index in [0.29, 0.717) is 5.88 Å². The number of anilines is 1. The summed E-state index contributed by atoms with van der Waals surface area (Å²) in [5.41, 5.74) is 0.219. The zero-order valence-electron chi connectivity index (χ0n) is 12.5. The van der Waals surface area contributed by atoms with Crippen molar-refractivity contribution in [2.24, 2.45) is 0 Å². The molecule has 0 bridgehead atoms.